The largest absolute Gasteiger partial charge is 0.465 e. The molecule has 0 bridgehead atoms. The van der Waals surface area contributed by atoms with E-state index in [1.165, 1.54) is 0 Å². The van der Waals surface area contributed by atoms with Crippen LogP contribution >= 0.6 is 23.2 Å². The summed E-state index contributed by atoms with van der Waals surface area (Å²) in [4.78, 5) is 25.9. The number of nitrogens with one attached hydrogen (secondary N) is 1. The van der Waals surface area contributed by atoms with Crippen LogP contribution in [0.2, 0.25) is 10.0 Å². The number of carboxylic acid groups (broad SMARTS) is 1. The standard InChI is InChI=1S/C22H24Cl2N2O4/c1-2-3-18(12-25-22(28)29)26-19(27)13-30-21(15-6-10-17(24)11-7-15)20(26)14-4-8-16(23)9-5-14/h4-11,18,20-21,25H,2-3,12-13H2,1H3,(H,28,29)/t18-,20-,21+/m0/s1. The molecule has 6 nitrogen and oxygen atoms in total. The van der Waals surface area contributed by atoms with Crippen LogP contribution in [0.5, 0.6) is 0 Å². The number of nitrogens with zero attached hydrogens (tertiary/aromatic N) is 1. The first-order chi connectivity index (χ1) is 14.4. The topological polar surface area (TPSA) is 78.9 Å². The minimum Gasteiger partial charge on any atom is -0.465 e. The van der Waals surface area contributed by atoms with Crippen molar-refractivity contribution in [2.24, 2.45) is 0 Å². The number of carbonyl (C=O) groups excluding carboxylic acids is 1. The Balaban J connectivity index is 2.05. The van der Waals surface area contributed by atoms with E-state index in [-0.39, 0.29) is 25.1 Å². The second-order valence-corrected chi connectivity index (χ2v) is 8.08. The molecule has 1 saturated heterocycles. The summed E-state index contributed by atoms with van der Waals surface area (Å²) >= 11 is 12.1. The van der Waals surface area contributed by atoms with Crippen molar-refractivity contribution in [3.8, 4) is 0 Å². The minimum atomic E-state index is -1.12. The number of rotatable bonds is 7. The van der Waals surface area contributed by atoms with E-state index in [0.29, 0.717) is 16.5 Å². The van der Waals surface area contributed by atoms with E-state index in [4.69, 9.17) is 33.0 Å². The van der Waals surface area contributed by atoms with Gasteiger partial charge in [0.25, 0.3) is 0 Å². The third-order valence-corrected chi connectivity index (χ3v) is 5.68. The van der Waals surface area contributed by atoms with Crippen molar-refractivity contribution < 1.29 is 19.4 Å². The van der Waals surface area contributed by atoms with Gasteiger partial charge in [-0.1, -0.05) is 60.8 Å². The Morgan fingerprint density at radius 3 is 2.23 bits per heavy atom. The molecule has 2 aromatic carbocycles. The molecular formula is C22H24Cl2N2O4. The Morgan fingerprint density at radius 1 is 1.13 bits per heavy atom. The fourth-order valence-corrected chi connectivity index (χ4v) is 4.11. The fraction of sp³-hybridized carbons (Fsp3) is 0.364. The number of benzene rings is 2. The monoisotopic (exact) mass is 450 g/mol. The molecule has 2 N–H and O–H groups in total. The van der Waals surface area contributed by atoms with Crippen LogP contribution in [-0.2, 0) is 9.53 Å². The molecule has 8 heteroatoms. The first-order valence-corrected chi connectivity index (χ1v) is 10.6. The SMILES string of the molecule is CCC[C@@H](CNC(=O)O)N1C(=O)CO[C@H](c2ccc(Cl)cc2)[C@@H]1c1ccc(Cl)cc1. The van der Waals surface area contributed by atoms with Crippen LogP contribution < -0.4 is 5.32 Å². The summed E-state index contributed by atoms with van der Waals surface area (Å²) in [5, 5.41) is 12.7. The highest BCUT2D eigenvalue weighted by Crippen LogP contribution is 2.42. The number of morpholine rings is 1. The first kappa shape index (κ1) is 22.4. The second-order valence-electron chi connectivity index (χ2n) is 7.21. The highest BCUT2D eigenvalue weighted by Gasteiger charge is 2.41. The summed E-state index contributed by atoms with van der Waals surface area (Å²) < 4.78 is 5.99. The van der Waals surface area contributed by atoms with Gasteiger partial charge in [0.2, 0.25) is 5.91 Å². The average Bonchev–Trinajstić information content (AvgIpc) is 2.72. The summed E-state index contributed by atoms with van der Waals surface area (Å²) in [6, 6.07) is 13.9. The lowest BCUT2D eigenvalue weighted by molar-refractivity contribution is -0.163. The Morgan fingerprint density at radius 2 is 1.70 bits per heavy atom. The van der Waals surface area contributed by atoms with E-state index in [2.05, 4.69) is 5.32 Å². The number of hydrogen-bond acceptors (Lipinski definition) is 3. The predicted octanol–water partition coefficient (Wildman–Crippen LogP) is 5.07. The molecule has 0 radical (unpaired) electrons. The maximum Gasteiger partial charge on any atom is 0.404 e. The van der Waals surface area contributed by atoms with Crippen LogP contribution in [0.25, 0.3) is 0 Å². The molecule has 0 aromatic heterocycles. The maximum atomic E-state index is 13.0. The predicted molar refractivity (Wildman–Crippen MR) is 116 cm³/mol. The lowest BCUT2D eigenvalue weighted by Gasteiger charge is -2.45. The molecule has 30 heavy (non-hydrogen) atoms. The molecule has 0 saturated carbocycles. The molecule has 0 spiro atoms. The molecule has 160 valence electrons. The molecular weight excluding hydrogens is 427 g/mol. The third kappa shape index (κ3) is 5.25. The van der Waals surface area contributed by atoms with Crippen molar-refractivity contribution in [1.82, 2.24) is 10.2 Å². The second kappa shape index (κ2) is 10.2. The van der Waals surface area contributed by atoms with Crippen LogP contribution in [0.1, 0.15) is 43.0 Å². The number of hydrogen-bond donors (Lipinski definition) is 2. The zero-order valence-corrected chi connectivity index (χ0v) is 18.1. The van der Waals surface area contributed by atoms with E-state index < -0.39 is 18.2 Å². The zero-order chi connectivity index (χ0) is 21.7. The summed E-state index contributed by atoms with van der Waals surface area (Å²) in [6.45, 7) is 2.07. The summed E-state index contributed by atoms with van der Waals surface area (Å²) in [5.41, 5.74) is 1.75. The maximum absolute atomic E-state index is 13.0. The van der Waals surface area contributed by atoms with Crippen molar-refractivity contribution in [2.75, 3.05) is 13.2 Å². The van der Waals surface area contributed by atoms with Crippen LogP contribution in [0, 0.1) is 0 Å². The van der Waals surface area contributed by atoms with Crippen molar-refractivity contribution in [3.05, 3.63) is 69.7 Å². The normalized spacial score (nSPS) is 20.1. The van der Waals surface area contributed by atoms with Crippen LogP contribution in [-0.4, -0.2) is 41.2 Å². The van der Waals surface area contributed by atoms with Gasteiger partial charge in [-0.25, -0.2) is 4.79 Å². The third-order valence-electron chi connectivity index (χ3n) is 5.18. The molecule has 1 aliphatic heterocycles. The van der Waals surface area contributed by atoms with Gasteiger partial charge in [0.15, 0.2) is 0 Å². The fourth-order valence-electron chi connectivity index (χ4n) is 3.86. The van der Waals surface area contributed by atoms with Crippen molar-refractivity contribution in [3.63, 3.8) is 0 Å². The van der Waals surface area contributed by atoms with Gasteiger partial charge in [0.05, 0.1) is 6.04 Å². The molecule has 2 amide bonds. The molecule has 3 atom stereocenters. The lowest BCUT2D eigenvalue weighted by Crippen LogP contribution is -2.54. The number of amides is 2. The Labute approximate surface area is 185 Å². The molecule has 1 fully saturated rings. The van der Waals surface area contributed by atoms with Gasteiger partial charge in [-0.15, -0.1) is 0 Å². The Hall–Kier alpha value is -2.28. The van der Waals surface area contributed by atoms with E-state index in [1.54, 1.807) is 29.2 Å². The average molecular weight is 451 g/mol. The molecule has 1 aliphatic rings. The van der Waals surface area contributed by atoms with Crippen molar-refractivity contribution in [2.45, 2.75) is 38.0 Å². The summed E-state index contributed by atoms with van der Waals surface area (Å²) in [5.74, 6) is -0.175. The Kier molecular flexibility index (Phi) is 7.58. The van der Waals surface area contributed by atoms with Crippen LogP contribution in [0.3, 0.4) is 0 Å². The first-order valence-electron chi connectivity index (χ1n) is 9.81. The van der Waals surface area contributed by atoms with Gasteiger partial charge < -0.3 is 20.1 Å². The number of ether oxygens (including phenoxy) is 1. The Bertz CT molecular complexity index is 874. The number of halogens is 2. The van der Waals surface area contributed by atoms with E-state index in [0.717, 1.165) is 17.5 Å². The van der Waals surface area contributed by atoms with E-state index >= 15 is 0 Å². The molecule has 0 aliphatic carbocycles. The highest BCUT2D eigenvalue weighted by atomic mass is 35.5. The van der Waals surface area contributed by atoms with Crippen molar-refractivity contribution >= 4 is 35.2 Å². The highest BCUT2D eigenvalue weighted by molar-refractivity contribution is 6.30. The molecule has 1 heterocycles. The lowest BCUT2D eigenvalue weighted by atomic mass is 9.90. The quantitative estimate of drug-likeness (QED) is 0.616. The summed E-state index contributed by atoms with van der Waals surface area (Å²) in [7, 11) is 0. The molecule has 2 aromatic rings. The van der Waals surface area contributed by atoms with Crippen LogP contribution in [0.15, 0.2) is 48.5 Å². The van der Waals surface area contributed by atoms with Gasteiger partial charge in [0.1, 0.15) is 12.7 Å². The van der Waals surface area contributed by atoms with Crippen LogP contribution in [0.4, 0.5) is 4.79 Å². The smallest absolute Gasteiger partial charge is 0.404 e. The number of carbonyl (C=O) groups is 2. The van der Waals surface area contributed by atoms with Gasteiger partial charge in [0, 0.05) is 22.6 Å². The van der Waals surface area contributed by atoms with Gasteiger partial charge in [-0.2, -0.15) is 0 Å². The summed E-state index contributed by atoms with van der Waals surface area (Å²) in [6.07, 6.45) is -0.0849. The van der Waals surface area contributed by atoms with Gasteiger partial charge >= 0.3 is 6.09 Å². The van der Waals surface area contributed by atoms with Gasteiger partial charge in [-0.05, 0) is 41.8 Å². The molecule has 3 rings (SSSR count). The molecule has 0 unspecified atom stereocenters. The van der Waals surface area contributed by atoms with E-state index in [1.807, 2.05) is 31.2 Å². The minimum absolute atomic E-state index is 0.0787. The zero-order valence-electron chi connectivity index (χ0n) is 16.6. The van der Waals surface area contributed by atoms with Gasteiger partial charge in [-0.3, -0.25) is 4.79 Å². The van der Waals surface area contributed by atoms with E-state index in [9.17, 15) is 9.59 Å². The van der Waals surface area contributed by atoms with Crippen molar-refractivity contribution in [1.29, 1.82) is 0 Å².